The van der Waals surface area contributed by atoms with E-state index in [1.807, 2.05) is 13.8 Å². The first kappa shape index (κ1) is 26.2. The van der Waals surface area contributed by atoms with Crippen molar-refractivity contribution in [2.24, 2.45) is 5.73 Å². The zero-order valence-electron chi connectivity index (χ0n) is 17.9. The molecule has 9 nitrogen and oxygen atoms in total. The van der Waals surface area contributed by atoms with Crippen molar-refractivity contribution in [3.8, 4) is 0 Å². The van der Waals surface area contributed by atoms with Crippen LogP contribution in [0.2, 0.25) is 5.02 Å². The summed E-state index contributed by atoms with van der Waals surface area (Å²) in [6.45, 7) is 6.25. The number of carbonyl (C=O) groups excluding carboxylic acids is 4. The third-order valence-corrected chi connectivity index (χ3v) is 6.91. The topological polar surface area (TPSA) is 128 Å². The van der Waals surface area contributed by atoms with Crippen LogP contribution in [-0.4, -0.2) is 57.1 Å². The molecule has 0 aliphatic carbocycles. The van der Waals surface area contributed by atoms with Crippen molar-refractivity contribution >= 4 is 59.5 Å². The fourth-order valence-corrected chi connectivity index (χ4v) is 5.42. The van der Waals surface area contributed by atoms with Crippen molar-refractivity contribution in [1.82, 2.24) is 10.2 Å². The van der Waals surface area contributed by atoms with Crippen molar-refractivity contribution in [2.45, 2.75) is 62.2 Å². The summed E-state index contributed by atoms with van der Waals surface area (Å²) in [6.07, 6.45) is -1.07. The number of carbonyl (C=O) groups is 4. The maximum absolute atomic E-state index is 12.8. The van der Waals surface area contributed by atoms with Gasteiger partial charge in [0.25, 0.3) is 0 Å². The van der Waals surface area contributed by atoms with E-state index in [1.54, 1.807) is 24.3 Å². The number of hydrogen-bond donors (Lipinski definition) is 2. The van der Waals surface area contributed by atoms with Crippen LogP contribution >= 0.6 is 35.8 Å². The van der Waals surface area contributed by atoms with Gasteiger partial charge in [0, 0.05) is 23.6 Å². The summed E-state index contributed by atoms with van der Waals surface area (Å²) < 4.78 is 9.35. The van der Waals surface area contributed by atoms with Crippen LogP contribution in [0.3, 0.4) is 0 Å². The summed E-state index contributed by atoms with van der Waals surface area (Å²) in [6, 6.07) is 3.88. The molecule has 2 aliphatic heterocycles. The number of esters is 2. The molecule has 2 unspecified atom stereocenters. The Kier molecular flexibility index (Phi) is 8.09. The van der Waals surface area contributed by atoms with Gasteiger partial charge in [-0.1, -0.05) is 23.7 Å². The van der Waals surface area contributed by atoms with E-state index in [0.29, 0.717) is 10.6 Å². The van der Waals surface area contributed by atoms with E-state index >= 15 is 0 Å². The summed E-state index contributed by atoms with van der Waals surface area (Å²) in [4.78, 5) is 50.5. The summed E-state index contributed by atoms with van der Waals surface area (Å²) in [5, 5.41) is 2.76. The van der Waals surface area contributed by atoms with Crippen LogP contribution in [0.4, 0.5) is 0 Å². The highest BCUT2D eigenvalue weighted by atomic mass is 35.5. The standard InChI is InChI=1S/C20H24ClN3O6S.ClH/c1-9(25)29-10(2)30-19(28)15-20(3,4)31-18-14(17(27)24(15)18)23-16(26)13(22)11-5-7-12(21)8-6-11;/h5-8,10,13-15,18H,22H2,1-4H3,(H,23,26);1H/t10?,13?,14-,15+,18-;/m1./s1. The van der Waals surface area contributed by atoms with Gasteiger partial charge in [-0.05, 0) is 31.5 Å². The van der Waals surface area contributed by atoms with Crippen molar-refractivity contribution in [1.29, 1.82) is 0 Å². The molecule has 32 heavy (non-hydrogen) atoms. The zero-order chi connectivity index (χ0) is 23.1. The number of nitrogens with one attached hydrogen (secondary N) is 1. The van der Waals surface area contributed by atoms with Gasteiger partial charge in [0.15, 0.2) is 0 Å². The summed E-state index contributed by atoms with van der Waals surface area (Å²) in [5.74, 6) is -2.17. The number of nitrogens with two attached hydrogens (primary N) is 1. The third kappa shape index (κ3) is 5.14. The number of amides is 2. The molecule has 3 N–H and O–H groups in total. The lowest BCUT2D eigenvalue weighted by atomic mass is 9.95. The SMILES string of the molecule is CC(=O)OC(C)OC(=O)[C@@H]1N2C(=O)[C@@H](NC(=O)C(N)c3ccc(Cl)cc3)[C@H]2SC1(C)C.Cl. The van der Waals surface area contributed by atoms with Gasteiger partial charge in [-0.15, -0.1) is 24.2 Å². The Hall–Kier alpha value is -2.01. The van der Waals surface area contributed by atoms with Gasteiger partial charge in [-0.25, -0.2) is 4.79 Å². The molecule has 5 atom stereocenters. The Morgan fingerprint density at radius 3 is 2.38 bits per heavy atom. The highest BCUT2D eigenvalue weighted by molar-refractivity contribution is 8.01. The molecule has 3 rings (SSSR count). The number of rotatable bonds is 6. The first-order chi connectivity index (χ1) is 14.4. The lowest BCUT2D eigenvalue weighted by molar-refractivity contribution is -0.190. The summed E-state index contributed by atoms with van der Waals surface area (Å²) >= 11 is 7.24. The van der Waals surface area contributed by atoms with Crippen LogP contribution in [0.1, 0.15) is 39.3 Å². The zero-order valence-corrected chi connectivity index (χ0v) is 20.3. The van der Waals surface area contributed by atoms with E-state index in [-0.39, 0.29) is 12.4 Å². The summed E-state index contributed by atoms with van der Waals surface area (Å²) in [5.41, 5.74) is 6.58. The Labute approximate surface area is 201 Å². The smallest absolute Gasteiger partial charge is 0.333 e. The Morgan fingerprint density at radius 1 is 1.22 bits per heavy atom. The fourth-order valence-electron chi connectivity index (χ4n) is 3.68. The number of fused-ring (bicyclic) bond motifs is 1. The predicted octanol–water partition coefficient (Wildman–Crippen LogP) is 1.76. The van der Waals surface area contributed by atoms with Crippen molar-refractivity contribution in [2.75, 3.05) is 0 Å². The molecule has 0 bridgehead atoms. The second kappa shape index (κ2) is 9.86. The number of benzene rings is 1. The molecule has 2 aliphatic rings. The van der Waals surface area contributed by atoms with Crippen LogP contribution in [0, 0.1) is 0 Å². The van der Waals surface area contributed by atoms with E-state index in [1.165, 1.54) is 30.5 Å². The number of thioether (sulfide) groups is 1. The lowest BCUT2D eigenvalue weighted by Crippen LogP contribution is -2.71. The molecule has 2 amide bonds. The molecular formula is C20H25Cl2N3O6S. The van der Waals surface area contributed by atoms with Crippen LogP contribution < -0.4 is 11.1 Å². The average Bonchev–Trinajstić information content (AvgIpc) is 2.93. The van der Waals surface area contributed by atoms with E-state index in [9.17, 15) is 19.2 Å². The van der Waals surface area contributed by atoms with Gasteiger partial charge in [-0.3, -0.25) is 14.4 Å². The van der Waals surface area contributed by atoms with Gasteiger partial charge >= 0.3 is 11.9 Å². The van der Waals surface area contributed by atoms with Gasteiger partial charge in [0.05, 0.1) is 0 Å². The first-order valence-corrected chi connectivity index (χ1v) is 10.9. The quantitative estimate of drug-likeness (QED) is 0.340. The monoisotopic (exact) mass is 505 g/mol. The van der Waals surface area contributed by atoms with E-state index in [0.717, 1.165) is 0 Å². The van der Waals surface area contributed by atoms with Crippen LogP contribution in [0.25, 0.3) is 0 Å². The number of ether oxygens (including phenoxy) is 2. The number of hydrogen-bond acceptors (Lipinski definition) is 8. The second-order valence-corrected chi connectivity index (χ2v) is 10.1. The molecular weight excluding hydrogens is 481 g/mol. The number of β-lactam (4-membered cyclic amide) rings is 1. The molecule has 1 aromatic carbocycles. The highest BCUT2D eigenvalue weighted by Gasteiger charge is 2.64. The minimum absolute atomic E-state index is 0. The largest absolute Gasteiger partial charge is 0.426 e. The second-order valence-electron chi connectivity index (χ2n) is 7.89. The molecule has 0 spiro atoms. The van der Waals surface area contributed by atoms with Gasteiger partial charge in [0.2, 0.25) is 18.1 Å². The maximum Gasteiger partial charge on any atom is 0.333 e. The summed E-state index contributed by atoms with van der Waals surface area (Å²) in [7, 11) is 0. The predicted molar refractivity (Wildman–Crippen MR) is 121 cm³/mol. The molecule has 2 fully saturated rings. The molecule has 0 radical (unpaired) electrons. The van der Waals surface area contributed by atoms with Crippen molar-refractivity contribution in [3.63, 3.8) is 0 Å². The van der Waals surface area contributed by atoms with Crippen molar-refractivity contribution < 1.29 is 28.7 Å². The minimum Gasteiger partial charge on any atom is -0.426 e. The van der Waals surface area contributed by atoms with Crippen LogP contribution in [0.15, 0.2) is 24.3 Å². The van der Waals surface area contributed by atoms with Gasteiger partial charge < -0.3 is 25.4 Å². The third-order valence-electron chi connectivity index (χ3n) is 5.09. The average molecular weight is 506 g/mol. The van der Waals surface area contributed by atoms with E-state index in [2.05, 4.69) is 5.32 Å². The first-order valence-electron chi connectivity index (χ1n) is 9.61. The Morgan fingerprint density at radius 2 is 1.81 bits per heavy atom. The molecule has 2 heterocycles. The van der Waals surface area contributed by atoms with E-state index in [4.69, 9.17) is 26.8 Å². The lowest BCUT2D eigenvalue weighted by Gasteiger charge is -2.44. The molecule has 2 saturated heterocycles. The maximum atomic E-state index is 12.8. The van der Waals surface area contributed by atoms with Crippen molar-refractivity contribution in [3.05, 3.63) is 34.9 Å². The highest BCUT2D eigenvalue weighted by Crippen LogP contribution is 2.51. The Balaban J connectivity index is 0.00000363. The fraction of sp³-hybridized carbons (Fsp3) is 0.500. The number of nitrogens with zero attached hydrogens (tertiary/aromatic N) is 1. The molecule has 1 aromatic rings. The minimum atomic E-state index is -1.07. The normalized spacial score (nSPS) is 24.9. The van der Waals surface area contributed by atoms with Gasteiger partial charge in [0.1, 0.15) is 23.5 Å². The molecule has 12 heteroatoms. The van der Waals surface area contributed by atoms with E-state index < -0.39 is 58.3 Å². The molecule has 0 saturated carbocycles. The van der Waals surface area contributed by atoms with Crippen LogP contribution in [0.5, 0.6) is 0 Å². The van der Waals surface area contributed by atoms with Gasteiger partial charge in [-0.2, -0.15) is 0 Å². The number of halogens is 2. The molecule has 176 valence electrons. The van der Waals surface area contributed by atoms with Crippen LogP contribution in [-0.2, 0) is 28.7 Å². The molecule has 0 aromatic heterocycles. The Bertz CT molecular complexity index is 913.